The van der Waals surface area contributed by atoms with Crippen LogP contribution in [0.4, 0.5) is 0 Å². The zero-order valence-electron chi connectivity index (χ0n) is 8.29. The van der Waals surface area contributed by atoms with Gasteiger partial charge in [0, 0.05) is 18.9 Å². The van der Waals surface area contributed by atoms with Gasteiger partial charge in [0.05, 0.1) is 6.10 Å². The van der Waals surface area contributed by atoms with Crippen molar-refractivity contribution in [2.24, 2.45) is 11.8 Å². The van der Waals surface area contributed by atoms with Gasteiger partial charge in [-0.05, 0) is 31.6 Å². The van der Waals surface area contributed by atoms with Crippen LogP contribution < -0.4 is 0 Å². The summed E-state index contributed by atoms with van der Waals surface area (Å²) in [6, 6.07) is 0. The van der Waals surface area contributed by atoms with Gasteiger partial charge in [0.1, 0.15) is 5.78 Å². The molecular formula is C11H18O2. The van der Waals surface area contributed by atoms with Crippen molar-refractivity contribution in [3.8, 4) is 0 Å². The zero-order valence-corrected chi connectivity index (χ0v) is 8.29. The van der Waals surface area contributed by atoms with Crippen molar-refractivity contribution in [3.05, 3.63) is 0 Å². The summed E-state index contributed by atoms with van der Waals surface area (Å²) in [5, 5.41) is 0. The highest BCUT2D eigenvalue weighted by Gasteiger charge is 2.39. The van der Waals surface area contributed by atoms with Crippen LogP contribution in [0.3, 0.4) is 0 Å². The molecule has 1 saturated heterocycles. The maximum atomic E-state index is 11.6. The van der Waals surface area contributed by atoms with E-state index in [1.807, 2.05) is 0 Å². The fraction of sp³-hybridized carbons (Fsp3) is 0.909. The molecule has 1 heterocycles. The normalized spacial score (nSPS) is 40.1. The third-order valence-corrected chi connectivity index (χ3v) is 3.51. The number of fused-ring (bicyclic) bond motifs is 1. The van der Waals surface area contributed by atoms with Gasteiger partial charge in [-0.2, -0.15) is 0 Å². The first-order valence-electron chi connectivity index (χ1n) is 5.47. The molecule has 0 aromatic carbocycles. The summed E-state index contributed by atoms with van der Waals surface area (Å²) in [6.45, 7) is 2.97. The molecule has 13 heavy (non-hydrogen) atoms. The summed E-state index contributed by atoms with van der Waals surface area (Å²) in [6.07, 6.45) is 5.54. The van der Waals surface area contributed by atoms with Crippen LogP contribution in [0.2, 0.25) is 0 Å². The smallest absolute Gasteiger partial charge is 0.138 e. The van der Waals surface area contributed by atoms with Crippen molar-refractivity contribution in [1.29, 1.82) is 0 Å². The number of hydrogen-bond acceptors (Lipinski definition) is 2. The second-order valence-electron chi connectivity index (χ2n) is 4.26. The predicted molar refractivity (Wildman–Crippen MR) is 50.5 cm³/mol. The number of hydrogen-bond donors (Lipinski definition) is 0. The maximum absolute atomic E-state index is 11.6. The van der Waals surface area contributed by atoms with Crippen molar-refractivity contribution < 1.29 is 9.53 Å². The lowest BCUT2D eigenvalue weighted by molar-refractivity contribution is -0.141. The molecule has 0 N–H and O–H groups in total. The first-order chi connectivity index (χ1) is 6.33. The van der Waals surface area contributed by atoms with Gasteiger partial charge >= 0.3 is 0 Å². The van der Waals surface area contributed by atoms with Crippen molar-refractivity contribution in [2.45, 2.75) is 45.1 Å². The quantitative estimate of drug-likeness (QED) is 0.621. The Balaban J connectivity index is 2.09. The second-order valence-corrected chi connectivity index (χ2v) is 4.26. The molecule has 0 aromatic heterocycles. The van der Waals surface area contributed by atoms with Crippen LogP contribution in [0, 0.1) is 11.8 Å². The lowest BCUT2D eigenvalue weighted by Crippen LogP contribution is -2.43. The average Bonchev–Trinajstić information content (AvgIpc) is 2.18. The van der Waals surface area contributed by atoms with Crippen LogP contribution in [0.15, 0.2) is 0 Å². The highest BCUT2D eigenvalue weighted by Crippen LogP contribution is 2.36. The van der Waals surface area contributed by atoms with Crippen molar-refractivity contribution in [3.63, 3.8) is 0 Å². The summed E-state index contributed by atoms with van der Waals surface area (Å²) in [5.74, 6) is 1.32. The third kappa shape index (κ3) is 1.64. The first-order valence-corrected chi connectivity index (χ1v) is 5.47. The molecule has 0 bridgehead atoms. The first kappa shape index (κ1) is 9.20. The summed E-state index contributed by atoms with van der Waals surface area (Å²) in [4.78, 5) is 11.6. The van der Waals surface area contributed by atoms with Crippen LogP contribution in [0.25, 0.3) is 0 Å². The second kappa shape index (κ2) is 3.79. The largest absolute Gasteiger partial charge is 0.377 e. The van der Waals surface area contributed by atoms with Crippen LogP contribution in [-0.4, -0.2) is 18.5 Å². The SMILES string of the molecule is CCC1C(=O)CCC2CCCOC21. The lowest BCUT2D eigenvalue weighted by Gasteiger charge is -2.39. The molecule has 2 fully saturated rings. The van der Waals surface area contributed by atoms with E-state index < -0.39 is 0 Å². The molecule has 1 aliphatic carbocycles. The Morgan fingerprint density at radius 3 is 3.08 bits per heavy atom. The minimum Gasteiger partial charge on any atom is -0.377 e. The van der Waals surface area contributed by atoms with Crippen LogP contribution >= 0.6 is 0 Å². The van der Waals surface area contributed by atoms with E-state index in [9.17, 15) is 4.79 Å². The minimum atomic E-state index is 0.207. The molecule has 3 atom stereocenters. The van der Waals surface area contributed by atoms with Crippen molar-refractivity contribution in [1.82, 2.24) is 0 Å². The molecule has 2 heteroatoms. The van der Waals surface area contributed by atoms with Gasteiger partial charge < -0.3 is 4.74 Å². The van der Waals surface area contributed by atoms with Crippen LogP contribution in [-0.2, 0) is 9.53 Å². The molecule has 3 unspecified atom stereocenters. The Kier molecular flexibility index (Phi) is 2.68. The van der Waals surface area contributed by atoms with E-state index in [-0.39, 0.29) is 12.0 Å². The molecule has 2 aliphatic rings. The number of Topliss-reactive ketones (excluding diaryl/α,β-unsaturated/α-hetero) is 1. The van der Waals surface area contributed by atoms with Gasteiger partial charge in [0.2, 0.25) is 0 Å². The third-order valence-electron chi connectivity index (χ3n) is 3.51. The van der Waals surface area contributed by atoms with Gasteiger partial charge in [-0.25, -0.2) is 0 Å². The van der Waals surface area contributed by atoms with Crippen LogP contribution in [0.1, 0.15) is 39.0 Å². The van der Waals surface area contributed by atoms with E-state index in [2.05, 4.69) is 6.92 Å². The summed E-state index contributed by atoms with van der Waals surface area (Å²) in [5.41, 5.74) is 0. The van der Waals surface area contributed by atoms with Gasteiger partial charge in [-0.3, -0.25) is 4.79 Å². The van der Waals surface area contributed by atoms with E-state index in [1.165, 1.54) is 12.8 Å². The number of carbonyl (C=O) groups is 1. The number of rotatable bonds is 1. The Morgan fingerprint density at radius 1 is 1.46 bits per heavy atom. The van der Waals surface area contributed by atoms with E-state index in [4.69, 9.17) is 4.74 Å². The van der Waals surface area contributed by atoms with Crippen molar-refractivity contribution >= 4 is 5.78 Å². The highest BCUT2D eigenvalue weighted by molar-refractivity contribution is 5.82. The Bertz CT molecular complexity index is 200. The molecule has 2 nitrogen and oxygen atoms in total. The Morgan fingerprint density at radius 2 is 2.31 bits per heavy atom. The predicted octanol–water partition coefficient (Wildman–Crippen LogP) is 2.17. The molecule has 0 amide bonds. The molecule has 1 aliphatic heterocycles. The van der Waals surface area contributed by atoms with E-state index in [0.29, 0.717) is 11.7 Å². The molecular weight excluding hydrogens is 164 g/mol. The minimum absolute atomic E-state index is 0.207. The number of carbonyl (C=O) groups excluding carboxylic acids is 1. The Labute approximate surface area is 79.7 Å². The van der Waals surface area contributed by atoms with Crippen LogP contribution in [0.5, 0.6) is 0 Å². The fourth-order valence-electron chi connectivity index (χ4n) is 2.77. The average molecular weight is 182 g/mol. The van der Waals surface area contributed by atoms with Gasteiger partial charge in [0.15, 0.2) is 0 Å². The molecule has 2 rings (SSSR count). The molecule has 0 aromatic rings. The Hall–Kier alpha value is -0.370. The van der Waals surface area contributed by atoms with Crippen molar-refractivity contribution in [2.75, 3.05) is 6.61 Å². The van der Waals surface area contributed by atoms with E-state index in [0.717, 1.165) is 25.9 Å². The standard InChI is InChI=1S/C11H18O2/c1-2-9-10(12)6-5-8-4-3-7-13-11(8)9/h8-9,11H,2-7H2,1H3. The number of ether oxygens (including phenoxy) is 1. The molecule has 74 valence electrons. The summed E-state index contributed by atoms with van der Waals surface area (Å²) < 4.78 is 5.73. The van der Waals surface area contributed by atoms with Gasteiger partial charge in [-0.15, -0.1) is 0 Å². The molecule has 0 spiro atoms. The lowest BCUT2D eigenvalue weighted by atomic mass is 9.74. The fourth-order valence-corrected chi connectivity index (χ4v) is 2.77. The summed E-state index contributed by atoms with van der Waals surface area (Å²) >= 11 is 0. The monoisotopic (exact) mass is 182 g/mol. The van der Waals surface area contributed by atoms with Gasteiger partial charge in [0.25, 0.3) is 0 Å². The highest BCUT2D eigenvalue weighted by atomic mass is 16.5. The van der Waals surface area contributed by atoms with E-state index >= 15 is 0 Å². The zero-order chi connectivity index (χ0) is 9.26. The molecule has 0 radical (unpaired) electrons. The topological polar surface area (TPSA) is 26.3 Å². The summed E-state index contributed by atoms with van der Waals surface area (Å²) in [7, 11) is 0. The molecule has 1 saturated carbocycles. The maximum Gasteiger partial charge on any atom is 0.138 e. The van der Waals surface area contributed by atoms with E-state index in [1.54, 1.807) is 0 Å². The van der Waals surface area contributed by atoms with Gasteiger partial charge in [-0.1, -0.05) is 6.92 Å². The number of ketones is 1.